The predicted molar refractivity (Wildman–Crippen MR) is 138 cm³/mol. The second-order valence-electron chi connectivity index (χ2n) is 9.66. The number of nitrogens with zero attached hydrogens (tertiary/aromatic N) is 2. The van der Waals surface area contributed by atoms with Crippen molar-refractivity contribution in [3.63, 3.8) is 0 Å². The zero-order valence-corrected chi connectivity index (χ0v) is 21.8. The molecule has 8 heteroatoms. The van der Waals surface area contributed by atoms with Crippen LogP contribution in [-0.4, -0.2) is 54.0 Å². The Balaban J connectivity index is 1.58. The highest BCUT2D eigenvalue weighted by molar-refractivity contribution is 7.10. The quantitative estimate of drug-likeness (QED) is 0.431. The molecule has 0 spiro atoms. The monoisotopic (exact) mass is 510 g/mol. The van der Waals surface area contributed by atoms with E-state index in [2.05, 4.69) is 0 Å². The van der Waals surface area contributed by atoms with Gasteiger partial charge in [-0.2, -0.15) is 0 Å². The van der Waals surface area contributed by atoms with Crippen molar-refractivity contribution in [2.45, 2.75) is 38.8 Å². The molecule has 1 atom stereocenters. The first-order valence-electron chi connectivity index (χ1n) is 11.9. The third-order valence-corrected chi connectivity index (χ3v) is 7.33. The van der Waals surface area contributed by atoms with Crippen LogP contribution in [0.15, 0.2) is 60.0 Å². The van der Waals surface area contributed by atoms with Gasteiger partial charge in [0.2, 0.25) is 5.91 Å². The topological polar surface area (TPSA) is 59.1 Å². The lowest BCUT2D eigenvalue weighted by Crippen LogP contribution is -2.53. The highest BCUT2D eigenvalue weighted by atomic mass is 32.1. The average Bonchev–Trinajstić information content (AvgIpc) is 3.34. The highest BCUT2D eigenvalue weighted by Gasteiger charge is 2.36. The van der Waals surface area contributed by atoms with E-state index in [4.69, 9.17) is 9.47 Å². The number of halogens is 1. The fourth-order valence-corrected chi connectivity index (χ4v) is 5.33. The molecule has 1 aromatic heterocycles. The molecule has 190 valence electrons. The van der Waals surface area contributed by atoms with Gasteiger partial charge in [-0.15, -0.1) is 11.3 Å². The van der Waals surface area contributed by atoms with Crippen molar-refractivity contribution >= 4 is 23.2 Å². The summed E-state index contributed by atoms with van der Waals surface area (Å²) >= 11 is 1.67. The van der Waals surface area contributed by atoms with Crippen molar-refractivity contribution in [2.24, 2.45) is 0 Å². The summed E-state index contributed by atoms with van der Waals surface area (Å²) in [6.07, 6.45) is 0.737. The molecule has 1 aliphatic heterocycles. The smallest absolute Gasteiger partial charge is 0.257 e. The minimum atomic E-state index is -0.693. The number of ether oxygens (including phenoxy) is 2. The van der Waals surface area contributed by atoms with Gasteiger partial charge in [0.1, 0.15) is 19.0 Å². The number of fused-ring (bicyclic) bond motifs is 1. The number of hydrogen-bond donors (Lipinski definition) is 0. The van der Waals surface area contributed by atoms with Crippen LogP contribution in [0.25, 0.3) is 0 Å². The van der Waals surface area contributed by atoms with Crippen LogP contribution >= 0.6 is 11.3 Å². The normalized spacial score (nSPS) is 15.2. The first kappa shape index (κ1) is 25.7. The van der Waals surface area contributed by atoms with E-state index in [1.807, 2.05) is 56.5 Å². The van der Waals surface area contributed by atoms with Gasteiger partial charge in [0.25, 0.3) is 5.91 Å². The number of benzene rings is 2. The van der Waals surface area contributed by atoms with Gasteiger partial charge >= 0.3 is 0 Å². The second-order valence-corrected chi connectivity index (χ2v) is 10.7. The number of thiophene rings is 1. The Bertz CT molecular complexity index is 1240. The third-order valence-electron chi connectivity index (χ3n) is 6.33. The van der Waals surface area contributed by atoms with Gasteiger partial charge in [-0.05, 0) is 68.5 Å². The molecule has 1 aliphatic rings. The summed E-state index contributed by atoms with van der Waals surface area (Å²) in [4.78, 5) is 31.5. The van der Waals surface area contributed by atoms with Crippen LogP contribution in [-0.2, 0) is 11.2 Å². The number of hydrogen-bond acceptors (Lipinski definition) is 5. The minimum Gasteiger partial charge on any atom is -0.493 e. The van der Waals surface area contributed by atoms with Crippen LogP contribution in [0.5, 0.6) is 11.5 Å². The molecule has 0 radical (unpaired) electrons. The van der Waals surface area contributed by atoms with E-state index in [1.165, 1.54) is 28.0 Å². The maximum Gasteiger partial charge on any atom is 0.257 e. The van der Waals surface area contributed by atoms with Crippen LogP contribution < -0.4 is 9.47 Å². The predicted octanol–water partition coefficient (Wildman–Crippen LogP) is 5.34. The molecule has 0 saturated heterocycles. The summed E-state index contributed by atoms with van der Waals surface area (Å²) in [5.74, 6) is -0.107. The Kier molecular flexibility index (Phi) is 7.64. The number of methoxy groups -OCH3 is 1. The van der Waals surface area contributed by atoms with E-state index in [1.54, 1.807) is 29.4 Å². The summed E-state index contributed by atoms with van der Waals surface area (Å²) < 4.78 is 26.0. The summed E-state index contributed by atoms with van der Waals surface area (Å²) in [6, 6.07) is 15.0. The molecule has 3 aromatic rings. The van der Waals surface area contributed by atoms with E-state index in [-0.39, 0.29) is 30.7 Å². The molecular weight excluding hydrogens is 479 g/mol. The molecule has 0 N–H and O–H groups in total. The molecule has 4 rings (SSSR count). The fourth-order valence-electron chi connectivity index (χ4n) is 4.40. The van der Waals surface area contributed by atoms with Crippen LogP contribution in [0, 0.1) is 5.82 Å². The van der Waals surface area contributed by atoms with Crippen molar-refractivity contribution in [1.29, 1.82) is 0 Å². The molecule has 2 heterocycles. The lowest BCUT2D eigenvalue weighted by atomic mass is 9.99. The average molecular weight is 511 g/mol. The van der Waals surface area contributed by atoms with Crippen molar-refractivity contribution in [3.8, 4) is 11.5 Å². The summed E-state index contributed by atoms with van der Waals surface area (Å²) in [7, 11) is 1.59. The molecule has 36 heavy (non-hydrogen) atoms. The van der Waals surface area contributed by atoms with E-state index in [9.17, 15) is 14.0 Å². The van der Waals surface area contributed by atoms with Crippen molar-refractivity contribution < 1.29 is 23.5 Å². The minimum absolute atomic E-state index is 0.0463. The maximum atomic E-state index is 14.4. The highest BCUT2D eigenvalue weighted by Crippen LogP contribution is 2.35. The molecule has 6 nitrogen and oxygen atoms in total. The van der Waals surface area contributed by atoms with Gasteiger partial charge in [0.15, 0.2) is 11.5 Å². The second kappa shape index (κ2) is 10.7. The van der Waals surface area contributed by atoms with Crippen LogP contribution in [0.3, 0.4) is 0 Å². The lowest BCUT2D eigenvalue weighted by molar-refractivity contribution is -0.136. The molecule has 0 saturated carbocycles. The molecule has 2 amide bonds. The Hall–Kier alpha value is -3.39. The number of carbonyl (C=O) groups is 2. The van der Waals surface area contributed by atoms with E-state index >= 15 is 0 Å². The zero-order chi connectivity index (χ0) is 25.9. The van der Waals surface area contributed by atoms with Crippen molar-refractivity contribution in [1.82, 2.24) is 9.80 Å². The number of carbonyl (C=O) groups excluding carboxylic acids is 2. The zero-order valence-electron chi connectivity index (χ0n) is 21.0. The number of amides is 2. The SMILES string of the molecule is COc1ccccc1OCC1c2ccsc2CCN1C(=O)CN(C(=O)c1ccccc1F)C(C)(C)C. The lowest BCUT2D eigenvalue weighted by Gasteiger charge is -2.40. The number of rotatable bonds is 7. The van der Waals surface area contributed by atoms with Crippen LogP contribution in [0.1, 0.15) is 47.6 Å². The van der Waals surface area contributed by atoms with Gasteiger partial charge in [0.05, 0.1) is 18.7 Å². The Morgan fingerprint density at radius 2 is 1.78 bits per heavy atom. The van der Waals surface area contributed by atoms with Crippen molar-refractivity contribution in [3.05, 3.63) is 81.8 Å². The Labute approximate surface area is 215 Å². The van der Waals surface area contributed by atoms with Gasteiger partial charge in [-0.3, -0.25) is 9.59 Å². The van der Waals surface area contributed by atoms with Crippen LogP contribution in [0.2, 0.25) is 0 Å². The van der Waals surface area contributed by atoms with Gasteiger partial charge in [-0.25, -0.2) is 4.39 Å². The molecule has 0 aliphatic carbocycles. The fraction of sp³-hybridized carbons (Fsp3) is 0.357. The summed E-state index contributed by atoms with van der Waals surface area (Å²) in [5, 5.41) is 2.03. The third kappa shape index (κ3) is 5.38. The van der Waals surface area contributed by atoms with Gasteiger partial charge in [-0.1, -0.05) is 24.3 Å². The standard InChI is InChI=1S/C28H31FN2O4S/c1-28(2,3)31(27(33)19-9-5-6-10-21(19)29)17-26(32)30-15-13-25-20(14-16-36-25)22(30)18-35-24-12-8-7-11-23(24)34-4/h5-12,14,16,22H,13,15,17-18H2,1-4H3. The maximum absolute atomic E-state index is 14.4. The summed E-state index contributed by atoms with van der Waals surface area (Å²) in [6.45, 7) is 6.11. The molecule has 0 bridgehead atoms. The van der Waals surface area contributed by atoms with E-state index in [0.29, 0.717) is 18.0 Å². The molecule has 0 fully saturated rings. The van der Waals surface area contributed by atoms with Gasteiger partial charge < -0.3 is 19.3 Å². The number of para-hydroxylation sites is 2. The summed E-state index contributed by atoms with van der Waals surface area (Å²) in [5.41, 5.74) is 0.314. The first-order chi connectivity index (χ1) is 17.2. The van der Waals surface area contributed by atoms with E-state index < -0.39 is 17.3 Å². The first-order valence-corrected chi connectivity index (χ1v) is 12.8. The van der Waals surface area contributed by atoms with Crippen molar-refractivity contribution in [2.75, 3.05) is 26.8 Å². The Morgan fingerprint density at radius 1 is 1.08 bits per heavy atom. The Morgan fingerprint density at radius 3 is 2.47 bits per heavy atom. The largest absolute Gasteiger partial charge is 0.493 e. The molecule has 1 unspecified atom stereocenters. The van der Waals surface area contributed by atoms with Gasteiger partial charge in [0, 0.05) is 17.0 Å². The van der Waals surface area contributed by atoms with E-state index in [0.717, 1.165) is 12.0 Å². The molecular formula is C28H31FN2O4S. The molecule has 2 aromatic carbocycles. The van der Waals surface area contributed by atoms with Crippen LogP contribution in [0.4, 0.5) is 4.39 Å².